The van der Waals surface area contributed by atoms with E-state index in [0.29, 0.717) is 6.04 Å². The maximum Gasteiger partial charge on any atom is 0.0249 e. The first-order valence-electron chi connectivity index (χ1n) is 7.39. The molecule has 100 valence electrons. The maximum atomic E-state index is 3.88. The highest BCUT2D eigenvalue weighted by Crippen LogP contribution is 2.27. The van der Waals surface area contributed by atoms with Crippen LogP contribution in [0.15, 0.2) is 0 Å². The first kappa shape index (κ1) is 13.7. The van der Waals surface area contributed by atoms with Crippen molar-refractivity contribution in [3.8, 4) is 0 Å². The van der Waals surface area contributed by atoms with Crippen LogP contribution < -0.4 is 5.32 Å². The zero-order valence-electron chi connectivity index (χ0n) is 11.5. The smallest absolute Gasteiger partial charge is 0.0249 e. The van der Waals surface area contributed by atoms with Crippen molar-refractivity contribution >= 4 is 11.8 Å². The van der Waals surface area contributed by atoms with Gasteiger partial charge in [0, 0.05) is 24.7 Å². The Morgan fingerprint density at radius 2 is 2.18 bits per heavy atom. The Morgan fingerprint density at radius 3 is 3.00 bits per heavy atom. The second-order valence-corrected chi connectivity index (χ2v) is 6.94. The molecule has 2 fully saturated rings. The zero-order chi connectivity index (χ0) is 12.1. The predicted molar refractivity (Wildman–Crippen MR) is 77.8 cm³/mol. The fourth-order valence-corrected chi connectivity index (χ4v) is 4.10. The van der Waals surface area contributed by atoms with Crippen LogP contribution in [-0.2, 0) is 0 Å². The number of hydrogen-bond acceptors (Lipinski definition) is 3. The highest BCUT2D eigenvalue weighted by molar-refractivity contribution is 7.99. The lowest BCUT2D eigenvalue weighted by molar-refractivity contribution is 0.177. The third-order valence-electron chi connectivity index (χ3n) is 4.25. The summed E-state index contributed by atoms with van der Waals surface area (Å²) in [5, 5.41) is 3.88. The first-order valence-corrected chi connectivity index (χ1v) is 8.54. The molecule has 0 saturated carbocycles. The molecule has 3 atom stereocenters. The normalized spacial score (nSPS) is 31.4. The maximum absolute atomic E-state index is 3.88. The summed E-state index contributed by atoms with van der Waals surface area (Å²) in [6.45, 7) is 7.29. The molecule has 0 amide bonds. The number of nitrogens with one attached hydrogen (secondary N) is 1. The fourth-order valence-electron chi connectivity index (χ4n) is 3.29. The Balaban J connectivity index is 1.71. The van der Waals surface area contributed by atoms with Gasteiger partial charge in [-0.1, -0.05) is 13.3 Å². The number of hydrogen-bond donors (Lipinski definition) is 1. The molecule has 1 N–H and O–H groups in total. The highest BCUT2D eigenvalue weighted by Gasteiger charge is 2.35. The summed E-state index contributed by atoms with van der Waals surface area (Å²) >= 11 is 2.07. The molecule has 0 aromatic carbocycles. The monoisotopic (exact) mass is 256 g/mol. The van der Waals surface area contributed by atoms with E-state index in [1.54, 1.807) is 0 Å². The van der Waals surface area contributed by atoms with Gasteiger partial charge in [0.1, 0.15) is 0 Å². The van der Waals surface area contributed by atoms with Gasteiger partial charge in [-0.2, -0.15) is 11.8 Å². The van der Waals surface area contributed by atoms with Gasteiger partial charge in [-0.25, -0.2) is 0 Å². The molecule has 0 spiro atoms. The summed E-state index contributed by atoms with van der Waals surface area (Å²) < 4.78 is 0. The van der Waals surface area contributed by atoms with E-state index in [1.165, 1.54) is 56.7 Å². The van der Waals surface area contributed by atoms with Crippen molar-refractivity contribution < 1.29 is 0 Å². The lowest BCUT2D eigenvalue weighted by Gasteiger charge is -2.33. The van der Waals surface area contributed by atoms with E-state index < -0.39 is 0 Å². The number of rotatable bonds is 6. The van der Waals surface area contributed by atoms with Gasteiger partial charge < -0.3 is 5.32 Å². The summed E-state index contributed by atoms with van der Waals surface area (Å²) in [4.78, 5) is 2.72. The molecule has 2 aliphatic heterocycles. The average Bonchev–Trinajstić information content (AvgIpc) is 2.73. The van der Waals surface area contributed by atoms with Crippen molar-refractivity contribution in [2.24, 2.45) is 0 Å². The SMILES string of the molecule is CCSCCC(C)NC1CCN2CCCCC12. The molecule has 0 bridgehead atoms. The summed E-state index contributed by atoms with van der Waals surface area (Å²) in [5.41, 5.74) is 0. The minimum absolute atomic E-state index is 0.695. The van der Waals surface area contributed by atoms with Crippen LogP contribution in [0.4, 0.5) is 0 Å². The van der Waals surface area contributed by atoms with Crippen molar-refractivity contribution in [2.45, 2.75) is 64.1 Å². The second kappa shape index (κ2) is 7.01. The van der Waals surface area contributed by atoms with Crippen molar-refractivity contribution in [3.05, 3.63) is 0 Å². The quantitative estimate of drug-likeness (QED) is 0.736. The molecule has 2 aliphatic rings. The number of nitrogens with zero attached hydrogens (tertiary/aromatic N) is 1. The Morgan fingerprint density at radius 1 is 1.29 bits per heavy atom. The third-order valence-corrected chi connectivity index (χ3v) is 5.19. The average molecular weight is 256 g/mol. The third kappa shape index (κ3) is 3.87. The summed E-state index contributed by atoms with van der Waals surface area (Å²) in [5.74, 6) is 2.57. The highest BCUT2D eigenvalue weighted by atomic mass is 32.2. The largest absolute Gasteiger partial charge is 0.310 e. The van der Waals surface area contributed by atoms with Gasteiger partial charge in [0.25, 0.3) is 0 Å². The molecule has 17 heavy (non-hydrogen) atoms. The van der Waals surface area contributed by atoms with Crippen molar-refractivity contribution in [1.29, 1.82) is 0 Å². The first-order chi connectivity index (χ1) is 8.31. The van der Waals surface area contributed by atoms with Crippen LogP contribution in [0.5, 0.6) is 0 Å². The molecule has 3 heteroatoms. The number of thioether (sulfide) groups is 1. The molecule has 0 aromatic heterocycles. The molecule has 2 nitrogen and oxygen atoms in total. The van der Waals surface area contributed by atoms with E-state index in [2.05, 4.69) is 35.8 Å². The van der Waals surface area contributed by atoms with E-state index in [1.807, 2.05) is 0 Å². The second-order valence-electron chi connectivity index (χ2n) is 5.55. The number of fused-ring (bicyclic) bond motifs is 1. The van der Waals surface area contributed by atoms with Crippen molar-refractivity contribution in [3.63, 3.8) is 0 Å². The molecule has 2 heterocycles. The standard InChI is InChI=1S/C14H28N2S/c1-3-17-11-8-12(2)15-13-7-10-16-9-5-4-6-14(13)16/h12-15H,3-11H2,1-2H3. The molecule has 0 aliphatic carbocycles. The minimum Gasteiger partial charge on any atom is -0.310 e. The van der Waals surface area contributed by atoms with Crippen LogP contribution in [0.2, 0.25) is 0 Å². The minimum atomic E-state index is 0.695. The molecular formula is C14H28N2S. The van der Waals surface area contributed by atoms with Crippen LogP contribution >= 0.6 is 11.8 Å². The lowest BCUT2D eigenvalue weighted by atomic mass is 9.98. The van der Waals surface area contributed by atoms with E-state index in [-0.39, 0.29) is 0 Å². The topological polar surface area (TPSA) is 15.3 Å². The fraction of sp³-hybridized carbons (Fsp3) is 1.00. The van der Waals surface area contributed by atoms with Gasteiger partial charge in [-0.3, -0.25) is 4.90 Å². The van der Waals surface area contributed by atoms with Gasteiger partial charge in [0.05, 0.1) is 0 Å². The molecule has 2 rings (SSSR count). The van der Waals surface area contributed by atoms with E-state index >= 15 is 0 Å². The predicted octanol–water partition coefficient (Wildman–Crippen LogP) is 2.73. The molecule has 2 saturated heterocycles. The summed E-state index contributed by atoms with van der Waals surface area (Å²) in [7, 11) is 0. The molecule has 0 aromatic rings. The lowest BCUT2D eigenvalue weighted by Crippen LogP contribution is -2.47. The van der Waals surface area contributed by atoms with Gasteiger partial charge in [-0.05, 0) is 50.7 Å². The molecule has 3 unspecified atom stereocenters. The summed E-state index contributed by atoms with van der Waals surface area (Å²) in [6, 6.07) is 2.32. The van der Waals surface area contributed by atoms with E-state index in [9.17, 15) is 0 Å². The van der Waals surface area contributed by atoms with E-state index in [0.717, 1.165) is 12.1 Å². The summed E-state index contributed by atoms with van der Waals surface area (Å²) in [6.07, 6.45) is 6.98. The molecular weight excluding hydrogens is 228 g/mol. The van der Waals surface area contributed by atoms with Gasteiger partial charge in [0.15, 0.2) is 0 Å². The Bertz CT molecular complexity index is 222. The van der Waals surface area contributed by atoms with Crippen LogP contribution in [0.25, 0.3) is 0 Å². The molecule has 0 radical (unpaired) electrons. The Kier molecular flexibility index (Phi) is 5.64. The van der Waals surface area contributed by atoms with Gasteiger partial charge in [0.2, 0.25) is 0 Å². The van der Waals surface area contributed by atoms with Crippen LogP contribution in [0.1, 0.15) is 46.0 Å². The Hall–Kier alpha value is 0.270. The van der Waals surface area contributed by atoms with Crippen LogP contribution in [0.3, 0.4) is 0 Å². The van der Waals surface area contributed by atoms with E-state index in [4.69, 9.17) is 0 Å². The Labute approximate surface area is 111 Å². The van der Waals surface area contributed by atoms with Crippen molar-refractivity contribution in [1.82, 2.24) is 10.2 Å². The van der Waals surface area contributed by atoms with Crippen LogP contribution in [0, 0.1) is 0 Å². The van der Waals surface area contributed by atoms with Crippen molar-refractivity contribution in [2.75, 3.05) is 24.6 Å². The number of piperidine rings is 1. The zero-order valence-corrected chi connectivity index (χ0v) is 12.3. The van der Waals surface area contributed by atoms with Gasteiger partial charge >= 0.3 is 0 Å². The van der Waals surface area contributed by atoms with Crippen LogP contribution in [-0.4, -0.2) is 47.6 Å². The van der Waals surface area contributed by atoms with Gasteiger partial charge in [-0.15, -0.1) is 0 Å².